The summed E-state index contributed by atoms with van der Waals surface area (Å²) in [6.07, 6.45) is -3.77. The molecule has 4 aromatic rings. The predicted molar refractivity (Wildman–Crippen MR) is 175 cm³/mol. The summed E-state index contributed by atoms with van der Waals surface area (Å²) in [6, 6.07) is 7.24. The first-order valence-electron chi connectivity index (χ1n) is 16.7. The third-order valence-electron chi connectivity index (χ3n) is 9.39. The fourth-order valence-corrected chi connectivity index (χ4v) is 6.72. The summed E-state index contributed by atoms with van der Waals surface area (Å²) in [5.74, 6) is -2.26. The number of anilines is 2. The number of likely N-dealkylation sites (tertiary alicyclic amines) is 1. The number of carbonyl (C=O) groups is 4. The SMILES string of the molecule is O=C1CCC(N2Cc3cc(CN4CCC(n5cc(NC(=O)c6coc(-c7ccnc(NC(F)C(F)F)c7)n6)c(C(F)F)n5)CC4)ccc3C2=O)C(=O)N1. The van der Waals surface area contributed by atoms with E-state index >= 15 is 0 Å². The summed E-state index contributed by atoms with van der Waals surface area (Å²) in [6.45, 7) is 2.10. The molecule has 278 valence electrons. The molecule has 3 aliphatic rings. The number of hydrogen-bond donors (Lipinski definition) is 3. The van der Waals surface area contributed by atoms with Crippen LogP contribution in [0.4, 0.5) is 33.5 Å². The maximum absolute atomic E-state index is 14.0. The molecule has 2 atom stereocenters. The van der Waals surface area contributed by atoms with Gasteiger partial charge in [-0.3, -0.25) is 34.1 Å². The van der Waals surface area contributed by atoms with Crippen LogP contribution < -0.4 is 16.0 Å². The fraction of sp³-hybridized carbons (Fsp3) is 0.382. The third-order valence-corrected chi connectivity index (χ3v) is 9.39. The molecular weight excluding hydrogens is 709 g/mol. The molecule has 0 aliphatic carbocycles. The molecule has 0 bridgehead atoms. The Balaban J connectivity index is 0.956. The minimum Gasteiger partial charge on any atom is -0.444 e. The van der Waals surface area contributed by atoms with Crippen molar-refractivity contribution in [2.24, 2.45) is 0 Å². The van der Waals surface area contributed by atoms with E-state index in [1.165, 1.54) is 34.1 Å². The molecule has 19 heteroatoms. The highest BCUT2D eigenvalue weighted by molar-refractivity contribution is 6.05. The number of nitrogens with one attached hydrogen (secondary N) is 3. The van der Waals surface area contributed by atoms with Crippen molar-refractivity contribution in [3.8, 4) is 11.5 Å². The normalized spacial score (nSPS) is 18.8. The van der Waals surface area contributed by atoms with E-state index in [1.54, 1.807) is 6.07 Å². The van der Waals surface area contributed by atoms with Gasteiger partial charge in [-0.1, -0.05) is 12.1 Å². The van der Waals surface area contributed by atoms with Gasteiger partial charge in [0.2, 0.25) is 24.0 Å². The van der Waals surface area contributed by atoms with Gasteiger partial charge in [0.05, 0.1) is 11.7 Å². The monoisotopic (exact) mass is 741 g/mol. The van der Waals surface area contributed by atoms with E-state index in [-0.39, 0.29) is 65.9 Å². The molecule has 3 N–H and O–H groups in total. The van der Waals surface area contributed by atoms with E-state index in [9.17, 15) is 41.1 Å². The van der Waals surface area contributed by atoms with Crippen LogP contribution in [0.5, 0.6) is 0 Å². The second-order valence-corrected chi connectivity index (χ2v) is 12.9. The highest BCUT2D eigenvalue weighted by Crippen LogP contribution is 2.32. The summed E-state index contributed by atoms with van der Waals surface area (Å²) < 4.78 is 73.4. The maximum Gasteiger partial charge on any atom is 0.287 e. The number of imide groups is 1. The van der Waals surface area contributed by atoms with Gasteiger partial charge in [0, 0.05) is 56.1 Å². The topological polar surface area (TPSA) is 168 Å². The zero-order valence-corrected chi connectivity index (χ0v) is 27.8. The molecule has 53 heavy (non-hydrogen) atoms. The lowest BCUT2D eigenvalue weighted by molar-refractivity contribution is -0.136. The van der Waals surface area contributed by atoms with Crippen LogP contribution in [0.15, 0.2) is 53.4 Å². The largest absolute Gasteiger partial charge is 0.444 e. The number of nitrogens with zero attached hydrogens (tertiary/aromatic N) is 6. The van der Waals surface area contributed by atoms with E-state index in [2.05, 4.69) is 30.6 Å². The smallest absolute Gasteiger partial charge is 0.287 e. The quantitative estimate of drug-likeness (QED) is 0.111. The van der Waals surface area contributed by atoms with Gasteiger partial charge >= 0.3 is 0 Å². The molecule has 2 fully saturated rings. The van der Waals surface area contributed by atoms with Crippen molar-refractivity contribution in [2.75, 3.05) is 23.7 Å². The number of pyridine rings is 1. The van der Waals surface area contributed by atoms with Crippen LogP contribution in [0.1, 0.15) is 75.8 Å². The number of alkyl halides is 5. The molecule has 0 saturated carbocycles. The summed E-state index contributed by atoms with van der Waals surface area (Å²) in [7, 11) is 0. The molecular formula is C34H32F5N9O5. The van der Waals surface area contributed by atoms with Gasteiger partial charge in [0.25, 0.3) is 24.7 Å². The van der Waals surface area contributed by atoms with E-state index in [1.807, 2.05) is 17.4 Å². The highest BCUT2D eigenvalue weighted by Gasteiger charge is 2.39. The number of amides is 4. The van der Waals surface area contributed by atoms with Gasteiger partial charge in [-0.2, -0.15) is 5.10 Å². The second kappa shape index (κ2) is 14.7. The van der Waals surface area contributed by atoms with Gasteiger partial charge in [-0.05, 0) is 48.6 Å². The minimum atomic E-state index is -3.28. The molecule has 2 saturated heterocycles. The van der Waals surface area contributed by atoms with E-state index in [0.29, 0.717) is 38.0 Å². The fourth-order valence-electron chi connectivity index (χ4n) is 6.72. The van der Waals surface area contributed by atoms with Gasteiger partial charge in [0.15, 0.2) is 11.4 Å². The molecule has 2 unspecified atom stereocenters. The number of hydrogen-bond acceptors (Lipinski definition) is 10. The number of fused-ring (bicyclic) bond motifs is 1. The standard InChI is InChI=1S/C34H32F5N9O5/c35-28(36)27-22(41-31(50)23-16-53-33(42-23)18-5-8-40-25(12-18)43-30(39)29(37)38)15-48(45-27)20-6-9-46(10-7-20)13-17-1-2-21-19(11-17)14-47(34(21)52)24-3-4-26(49)44-32(24)51/h1-2,5,8,11-12,15-16,20,24,28-30H,3-4,6-7,9-10,13-14H2,(H,40,43)(H,41,50)(H,44,49,51). The highest BCUT2D eigenvalue weighted by atomic mass is 19.3. The first kappa shape index (κ1) is 35.7. The zero-order chi connectivity index (χ0) is 37.4. The Morgan fingerprint density at radius 1 is 1.04 bits per heavy atom. The molecule has 14 nitrogen and oxygen atoms in total. The lowest BCUT2D eigenvalue weighted by atomic mass is 10.0. The van der Waals surface area contributed by atoms with E-state index in [4.69, 9.17) is 4.42 Å². The molecule has 3 aliphatic heterocycles. The van der Waals surface area contributed by atoms with Crippen LogP contribution in [0.25, 0.3) is 11.5 Å². The van der Waals surface area contributed by atoms with E-state index in [0.717, 1.165) is 17.4 Å². The Labute approximate surface area is 297 Å². The summed E-state index contributed by atoms with van der Waals surface area (Å²) >= 11 is 0. The number of halogens is 5. The van der Waals surface area contributed by atoms with Crippen LogP contribution in [0.2, 0.25) is 0 Å². The van der Waals surface area contributed by atoms with Gasteiger partial charge in [-0.25, -0.2) is 31.9 Å². The molecule has 3 aromatic heterocycles. The Kier molecular flexibility index (Phi) is 9.91. The minimum absolute atomic E-state index is 0.118. The van der Waals surface area contributed by atoms with Crippen molar-refractivity contribution in [3.05, 3.63) is 77.1 Å². The summed E-state index contributed by atoms with van der Waals surface area (Å²) in [5.41, 5.74) is 1.42. The van der Waals surface area contributed by atoms with Crippen LogP contribution >= 0.6 is 0 Å². The van der Waals surface area contributed by atoms with Crippen LogP contribution in [0.3, 0.4) is 0 Å². The molecule has 0 radical (unpaired) electrons. The molecule has 0 spiro atoms. The lowest BCUT2D eigenvalue weighted by Crippen LogP contribution is -2.52. The number of carbonyl (C=O) groups excluding carboxylic acids is 4. The Morgan fingerprint density at radius 2 is 1.83 bits per heavy atom. The van der Waals surface area contributed by atoms with Crippen LogP contribution in [0, 0.1) is 0 Å². The Hall–Kier alpha value is -5.72. The Bertz CT molecular complexity index is 2050. The number of aromatic nitrogens is 4. The Morgan fingerprint density at radius 3 is 2.57 bits per heavy atom. The number of benzene rings is 1. The number of oxazole rings is 1. The zero-order valence-electron chi connectivity index (χ0n) is 27.8. The van der Waals surface area contributed by atoms with Crippen molar-refractivity contribution < 1.29 is 45.5 Å². The van der Waals surface area contributed by atoms with Crippen molar-refractivity contribution >= 4 is 35.1 Å². The average molecular weight is 742 g/mol. The van der Waals surface area contributed by atoms with Gasteiger partial charge < -0.3 is 20.0 Å². The number of rotatable bonds is 11. The first-order valence-corrected chi connectivity index (χ1v) is 16.7. The van der Waals surface area contributed by atoms with Crippen molar-refractivity contribution in [1.29, 1.82) is 0 Å². The van der Waals surface area contributed by atoms with Gasteiger partial charge in [-0.15, -0.1) is 0 Å². The van der Waals surface area contributed by atoms with Gasteiger partial charge in [0.1, 0.15) is 18.1 Å². The van der Waals surface area contributed by atoms with Crippen molar-refractivity contribution in [3.63, 3.8) is 0 Å². The van der Waals surface area contributed by atoms with E-state index < -0.39 is 42.7 Å². The summed E-state index contributed by atoms with van der Waals surface area (Å²) in [5, 5.41) is 10.7. The molecule has 1 aromatic carbocycles. The third kappa shape index (κ3) is 7.60. The average Bonchev–Trinajstić information content (AvgIpc) is 3.87. The lowest BCUT2D eigenvalue weighted by Gasteiger charge is -2.32. The molecule has 6 heterocycles. The van der Waals surface area contributed by atoms with Crippen molar-refractivity contribution in [2.45, 2.75) is 70.0 Å². The molecule has 4 amide bonds. The van der Waals surface area contributed by atoms with Crippen LogP contribution in [-0.2, 0) is 22.7 Å². The molecule has 7 rings (SSSR count). The van der Waals surface area contributed by atoms with Crippen LogP contribution in [-0.4, -0.2) is 85.0 Å². The second-order valence-electron chi connectivity index (χ2n) is 12.9. The maximum atomic E-state index is 14.0. The number of piperidine rings is 2. The predicted octanol–water partition coefficient (Wildman–Crippen LogP) is 4.69. The summed E-state index contributed by atoms with van der Waals surface area (Å²) in [4.78, 5) is 61.5. The first-order chi connectivity index (χ1) is 25.4. The van der Waals surface area contributed by atoms with Crippen molar-refractivity contribution in [1.82, 2.24) is 34.9 Å².